The van der Waals surface area contributed by atoms with Gasteiger partial charge < -0.3 is 10.0 Å². The minimum atomic E-state index is -0.798. The normalized spacial score (nSPS) is 19.8. The molecular formula is C12H14ClNO3S. The average molecular weight is 288 g/mol. The zero-order valence-electron chi connectivity index (χ0n) is 9.76. The van der Waals surface area contributed by atoms with E-state index in [-0.39, 0.29) is 18.2 Å². The number of hydrogen-bond donors (Lipinski definition) is 1. The van der Waals surface area contributed by atoms with Crippen LogP contribution in [0.3, 0.4) is 0 Å². The van der Waals surface area contributed by atoms with Crippen LogP contribution in [0.2, 0.25) is 4.34 Å². The standard InChI is InChI=1S/C12H14ClNO3S/c13-10-4-3-9(18-10)12(17)14-5-1-2-8(7-14)6-11(15)16/h3-4,8H,1-2,5-7H2,(H,15,16). The fraction of sp³-hybridized carbons (Fsp3) is 0.500. The number of carbonyl (C=O) groups is 2. The van der Waals surface area contributed by atoms with Crippen molar-refractivity contribution >= 4 is 34.8 Å². The molecule has 0 radical (unpaired) electrons. The van der Waals surface area contributed by atoms with E-state index in [0.717, 1.165) is 12.8 Å². The molecule has 1 N–H and O–H groups in total. The first-order valence-corrected chi connectivity index (χ1v) is 7.02. The maximum atomic E-state index is 12.2. The zero-order chi connectivity index (χ0) is 13.1. The highest BCUT2D eigenvalue weighted by Crippen LogP contribution is 2.26. The predicted molar refractivity (Wildman–Crippen MR) is 70.2 cm³/mol. The average Bonchev–Trinajstić information content (AvgIpc) is 2.74. The highest BCUT2D eigenvalue weighted by atomic mass is 35.5. The second kappa shape index (κ2) is 5.71. The quantitative estimate of drug-likeness (QED) is 0.930. The van der Waals surface area contributed by atoms with Crippen LogP contribution in [0.4, 0.5) is 0 Å². The van der Waals surface area contributed by atoms with Crippen LogP contribution in [0, 0.1) is 5.92 Å². The molecule has 1 unspecified atom stereocenters. The largest absolute Gasteiger partial charge is 0.481 e. The predicted octanol–water partition coefficient (Wildman–Crippen LogP) is 2.73. The summed E-state index contributed by atoms with van der Waals surface area (Å²) < 4.78 is 0.595. The maximum Gasteiger partial charge on any atom is 0.303 e. The van der Waals surface area contributed by atoms with Crippen molar-refractivity contribution in [1.29, 1.82) is 0 Å². The summed E-state index contributed by atoms with van der Waals surface area (Å²) in [6.45, 7) is 1.23. The van der Waals surface area contributed by atoms with E-state index >= 15 is 0 Å². The Bertz CT molecular complexity index is 460. The van der Waals surface area contributed by atoms with Gasteiger partial charge in [-0.15, -0.1) is 11.3 Å². The van der Waals surface area contributed by atoms with Crippen LogP contribution in [-0.4, -0.2) is 35.0 Å². The number of carboxylic acids is 1. The first kappa shape index (κ1) is 13.4. The monoisotopic (exact) mass is 287 g/mol. The molecule has 0 saturated carbocycles. The molecule has 1 aliphatic rings. The van der Waals surface area contributed by atoms with E-state index in [4.69, 9.17) is 16.7 Å². The van der Waals surface area contributed by atoms with E-state index in [1.165, 1.54) is 11.3 Å². The summed E-state index contributed by atoms with van der Waals surface area (Å²) in [6.07, 6.45) is 1.87. The van der Waals surface area contributed by atoms with Crippen molar-refractivity contribution in [3.05, 3.63) is 21.3 Å². The Kier molecular flexibility index (Phi) is 4.24. The molecule has 18 heavy (non-hydrogen) atoms. The van der Waals surface area contributed by atoms with Gasteiger partial charge in [0.25, 0.3) is 5.91 Å². The Balaban J connectivity index is 2.00. The van der Waals surface area contributed by atoms with Gasteiger partial charge in [0.15, 0.2) is 0 Å². The fourth-order valence-electron chi connectivity index (χ4n) is 2.25. The Morgan fingerprint density at radius 1 is 1.50 bits per heavy atom. The van der Waals surface area contributed by atoms with Crippen LogP contribution in [0.5, 0.6) is 0 Å². The van der Waals surface area contributed by atoms with Gasteiger partial charge in [0.2, 0.25) is 0 Å². The molecular weight excluding hydrogens is 274 g/mol. The molecule has 1 aliphatic heterocycles. The third-order valence-electron chi connectivity index (χ3n) is 3.05. The number of nitrogens with zero attached hydrogens (tertiary/aromatic N) is 1. The first-order valence-electron chi connectivity index (χ1n) is 5.82. The third kappa shape index (κ3) is 3.23. The highest BCUT2D eigenvalue weighted by Gasteiger charge is 2.26. The van der Waals surface area contributed by atoms with Crippen LogP contribution < -0.4 is 0 Å². The van der Waals surface area contributed by atoms with Crippen LogP contribution in [0.25, 0.3) is 0 Å². The molecule has 1 atom stereocenters. The van der Waals surface area contributed by atoms with Gasteiger partial charge in [0.05, 0.1) is 9.21 Å². The molecule has 2 heterocycles. The lowest BCUT2D eigenvalue weighted by Crippen LogP contribution is -2.40. The van der Waals surface area contributed by atoms with Gasteiger partial charge in [-0.2, -0.15) is 0 Å². The number of carboxylic acid groups (broad SMARTS) is 1. The van der Waals surface area contributed by atoms with Crippen molar-refractivity contribution in [3.63, 3.8) is 0 Å². The third-order valence-corrected chi connectivity index (χ3v) is 4.27. The molecule has 0 aromatic carbocycles. The summed E-state index contributed by atoms with van der Waals surface area (Å²) in [5, 5.41) is 8.79. The van der Waals surface area contributed by atoms with Crippen molar-refractivity contribution in [2.45, 2.75) is 19.3 Å². The number of aliphatic carboxylic acids is 1. The van der Waals surface area contributed by atoms with E-state index in [9.17, 15) is 9.59 Å². The van der Waals surface area contributed by atoms with Crippen LogP contribution in [0.1, 0.15) is 28.9 Å². The summed E-state index contributed by atoms with van der Waals surface area (Å²) in [7, 11) is 0. The molecule has 98 valence electrons. The number of piperidine rings is 1. The maximum absolute atomic E-state index is 12.2. The van der Waals surface area contributed by atoms with Gasteiger partial charge in [-0.25, -0.2) is 0 Å². The lowest BCUT2D eigenvalue weighted by Gasteiger charge is -2.31. The molecule has 0 bridgehead atoms. The second-order valence-electron chi connectivity index (χ2n) is 4.46. The van der Waals surface area contributed by atoms with Gasteiger partial charge in [0.1, 0.15) is 0 Å². The number of rotatable bonds is 3. The SMILES string of the molecule is O=C(O)CC1CCCN(C(=O)c2ccc(Cl)s2)C1. The van der Waals surface area contributed by atoms with E-state index in [0.29, 0.717) is 22.3 Å². The first-order chi connectivity index (χ1) is 8.56. The van der Waals surface area contributed by atoms with Gasteiger partial charge in [-0.1, -0.05) is 11.6 Å². The molecule has 1 aromatic heterocycles. The van der Waals surface area contributed by atoms with Crippen molar-refractivity contribution in [1.82, 2.24) is 4.90 Å². The summed E-state index contributed by atoms with van der Waals surface area (Å²) >= 11 is 7.07. The molecule has 1 amide bonds. The Morgan fingerprint density at radius 3 is 2.89 bits per heavy atom. The van der Waals surface area contributed by atoms with Crippen molar-refractivity contribution in [3.8, 4) is 0 Å². The van der Waals surface area contributed by atoms with Gasteiger partial charge in [0, 0.05) is 19.5 Å². The number of hydrogen-bond acceptors (Lipinski definition) is 3. The fourth-order valence-corrected chi connectivity index (χ4v) is 3.26. The Morgan fingerprint density at radius 2 is 2.28 bits per heavy atom. The van der Waals surface area contributed by atoms with Gasteiger partial charge in [-0.05, 0) is 30.9 Å². The van der Waals surface area contributed by atoms with Crippen molar-refractivity contribution in [2.75, 3.05) is 13.1 Å². The summed E-state index contributed by atoms with van der Waals surface area (Å²) in [4.78, 5) is 25.2. The molecule has 0 spiro atoms. The molecule has 2 rings (SSSR count). The van der Waals surface area contributed by atoms with E-state index in [2.05, 4.69) is 0 Å². The van der Waals surface area contributed by atoms with Crippen LogP contribution in [-0.2, 0) is 4.79 Å². The topological polar surface area (TPSA) is 57.6 Å². The molecule has 4 nitrogen and oxygen atoms in total. The molecule has 1 aromatic rings. The number of likely N-dealkylation sites (tertiary alicyclic amines) is 1. The van der Waals surface area contributed by atoms with Crippen LogP contribution >= 0.6 is 22.9 Å². The zero-order valence-corrected chi connectivity index (χ0v) is 11.3. The summed E-state index contributed by atoms with van der Waals surface area (Å²) in [5.41, 5.74) is 0. The summed E-state index contributed by atoms with van der Waals surface area (Å²) in [5.74, 6) is -0.772. The Hall–Kier alpha value is -1.07. The van der Waals surface area contributed by atoms with Gasteiger partial charge >= 0.3 is 5.97 Å². The van der Waals surface area contributed by atoms with E-state index in [1.54, 1.807) is 17.0 Å². The number of amides is 1. The summed E-state index contributed by atoms with van der Waals surface area (Å²) in [6, 6.07) is 3.42. The van der Waals surface area contributed by atoms with Crippen LogP contribution in [0.15, 0.2) is 12.1 Å². The van der Waals surface area contributed by atoms with Crippen molar-refractivity contribution < 1.29 is 14.7 Å². The second-order valence-corrected chi connectivity index (χ2v) is 6.18. The van der Waals surface area contributed by atoms with E-state index in [1.807, 2.05) is 0 Å². The van der Waals surface area contributed by atoms with E-state index < -0.39 is 5.97 Å². The van der Waals surface area contributed by atoms with Crippen molar-refractivity contribution in [2.24, 2.45) is 5.92 Å². The highest BCUT2D eigenvalue weighted by molar-refractivity contribution is 7.17. The lowest BCUT2D eigenvalue weighted by molar-refractivity contribution is -0.138. The molecule has 0 aliphatic carbocycles. The molecule has 1 fully saturated rings. The molecule has 6 heteroatoms. The lowest BCUT2D eigenvalue weighted by atomic mass is 9.95. The number of carbonyl (C=O) groups excluding carboxylic acids is 1. The smallest absolute Gasteiger partial charge is 0.303 e. The minimum absolute atomic E-state index is 0.0398. The van der Waals surface area contributed by atoms with Gasteiger partial charge in [-0.3, -0.25) is 9.59 Å². The number of thiophene rings is 1. The molecule has 1 saturated heterocycles. The number of halogens is 1. The Labute approximate surface area is 114 Å². The minimum Gasteiger partial charge on any atom is -0.481 e.